The lowest BCUT2D eigenvalue weighted by atomic mass is 9.79. The molecular formula is C22H29N5O5. The fourth-order valence-electron chi connectivity index (χ4n) is 4.33. The van der Waals surface area contributed by atoms with E-state index in [4.69, 9.17) is 5.73 Å². The Morgan fingerprint density at radius 1 is 1.06 bits per heavy atom. The van der Waals surface area contributed by atoms with Crippen LogP contribution in [0.25, 0.3) is 0 Å². The van der Waals surface area contributed by atoms with Crippen LogP contribution in [0.15, 0.2) is 24.3 Å². The van der Waals surface area contributed by atoms with E-state index in [2.05, 4.69) is 5.43 Å². The number of amides is 6. The minimum absolute atomic E-state index is 0.107. The van der Waals surface area contributed by atoms with Crippen molar-refractivity contribution >= 4 is 35.3 Å². The molecule has 3 rings (SSSR count). The highest BCUT2D eigenvalue weighted by atomic mass is 16.2. The predicted octanol–water partition coefficient (Wildman–Crippen LogP) is 1.22. The maximum Gasteiger partial charge on any atom is 0.349 e. The van der Waals surface area contributed by atoms with Gasteiger partial charge in [-0.1, -0.05) is 43.9 Å². The highest BCUT2D eigenvalue weighted by molar-refractivity contribution is 6.44. The van der Waals surface area contributed by atoms with Gasteiger partial charge in [0, 0.05) is 12.2 Å². The molecule has 32 heavy (non-hydrogen) atoms. The van der Waals surface area contributed by atoms with Crippen LogP contribution in [-0.4, -0.2) is 58.2 Å². The molecule has 0 aromatic heterocycles. The van der Waals surface area contributed by atoms with Crippen LogP contribution in [0, 0.1) is 6.92 Å². The number of nitrogens with zero attached hydrogens (tertiary/aromatic N) is 3. The third kappa shape index (κ3) is 4.22. The van der Waals surface area contributed by atoms with E-state index in [1.54, 1.807) is 19.1 Å². The molecule has 1 aromatic rings. The average molecular weight is 444 g/mol. The van der Waals surface area contributed by atoms with Gasteiger partial charge in [-0.2, -0.15) is 5.01 Å². The fourth-order valence-corrected chi connectivity index (χ4v) is 4.33. The number of carbonyl (C=O) groups is 5. The van der Waals surface area contributed by atoms with Crippen molar-refractivity contribution in [3.05, 3.63) is 29.8 Å². The van der Waals surface area contributed by atoms with Crippen LogP contribution in [-0.2, 0) is 19.2 Å². The van der Waals surface area contributed by atoms with E-state index in [0.717, 1.165) is 29.7 Å². The third-order valence-corrected chi connectivity index (χ3v) is 6.00. The van der Waals surface area contributed by atoms with E-state index in [1.807, 2.05) is 19.1 Å². The van der Waals surface area contributed by atoms with Crippen LogP contribution in [0.2, 0.25) is 0 Å². The van der Waals surface area contributed by atoms with Crippen LogP contribution < -0.4 is 16.1 Å². The summed E-state index contributed by atoms with van der Waals surface area (Å²) in [5.41, 5.74) is 8.59. The van der Waals surface area contributed by atoms with Crippen molar-refractivity contribution in [2.75, 3.05) is 18.0 Å². The Morgan fingerprint density at radius 2 is 1.69 bits per heavy atom. The normalized spacial score (nSPS) is 18.2. The number of carbonyl (C=O) groups excluding carboxylic acids is 5. The summed E-state index contributed by atoms with van der Waals surface area (Å²) in [5, 5.41) is 0.557. The zero-order valence-electron chi connectivity index (χ0n) is 18.4. The number of hydrazine groups is 1. The number of hydrogen-bond donors (Lipinski definition) is 2. The molecule has 1 aliphatic carbocycles. The van der Waals surface area contributed by atoms with Crippen molar-refractivity contribution in [3.8, 4) is 0 Å². The molecule has 2 fully saturated rings. The van der Waals surface area contributed by atoms with Crippen molar-refractivity contribution in [2.24, 2.45) is 5.73 Å². The second kappa shape index (κ2) is 9.47. The second-order valence-corrected chi connectivity index (χ2v) is 8.24. The topological polar surface area (TPSA) is 133 Å². The lowest BCUT2D eigenvalue weighted by molar-refractivity contribution is -0.144. The molecule has 0 bridgehead atoms. The molecule has 0 spiro atoms. The first kappa shape index (κ1) is 23.4. The third-order valence-electron chi connectivity index (χ3n) is 6.00. The highest BCUT2D eigenvalue weighted by Gasteiger charge is 2.48. The van der Waals surface area contributed by atoms with Gasteiger partial charge < -0.3 is 5.73 Å². The molecule has 6 amide bonds. The Morgan fingerprint density at radius 3 is 2.25 bits per heavy atom. The van der Waals surface area contributed by atoms with Gasteiger partial charge in [0.05, 0.1) is 6.54 Å². The van der Waals surface area contributed by atoms with Crippen molar-refractivity contribution in [3.63, 3.8) is 0 Å². The monoisotopic (exact) mass is 443 g/mol. The standard InChI is InChI=1S/C22H29N5O5/c1-3-13-25-18(29)19(30)27(21(25)32)24-14-17(28)26(16-9-7-15(2)8-10-16)22(20(23)31)11-5-4-6-12-22/h7-10,24H,3-6,11-14H2,1-2H3,(H2,23,31). The van der Waals surface area contributed by atoms with Gasteiger partial charge in [-0.15, -0.1) is 0 Å². The molecule has 1 saturated heterocycles. The summed E-state index contributed by atoms with van der Waals surface area (Å²) >= 11 is 0. The van der Waals surface area contributed by atoms with Gasteiger partial charge in [-0.05, 0) is 38.3 Å². The van der Waals surface area contributed by atoms with E-state index in [9.17, 15) is 24.0 Å². The lowest BCUT2D eigenvalue weighted by Gasteiger charge is -2.44. The number of urea groups is 1. The van der Waals surface area contributed by atoms with Gasteiger partial charge in [0.15, 0.2) is 0 Å². The van der Waals surface area contributed by atoms with E-state index in [0.29, 0.717) is 30.0 Å². The zero-order chi connectivity index (χ0) is 23.5. The second-order valence-electron chi connectivity index (χ2n) is 8.24. The van der Waals surface area contributed by atoms with Crippen LogP contribution in [0.4, 0.5) is 10.5 Å². The summed E-state index contributed by atoms with van der Waals surface area (Å²) in [5.74, 6) is -3.10. The Hall–Kier alpha value is -3.27. The highest BCUT2D eigenvalue weighted by Crippen LogP contribution is 2.37. The molecule has 0 atom stereocenters. The first-order chi connectivity index (χ1) is 15.2. The molecular weight excluding hydrogens is 414 g/mol. The summed E-state index contributed by atoms with van der Waals surface area (Å²) in [4.78, 5) is 64.9. The molecule has 1 aliphatic heterocycles. The minimum atomic E-state index is -1.20. The molecule has 1 heterocycles. The van der Waals surface area contributed by atoms with Crippen LogP contribution in [0.1, 0.15) is 51.0 Å². The first-order valence-electron chi connectivity index (χ1n) is 10.9. The van der Waals surface area contributed by atoms with Crippen LogP contribution >= 0.6 is 0 Å². The van der Waals surface area contributed by atoms with Crippen molar-refractivity contribution in [1.29, 1.82) is 0 Å². The average Bonchev–Trinajstić information content (AvgIpc) is 2.97. The number of primary amides is 1. The van der Waals surface area contributed by atoms with E-state index in [1.165, 1.54) is 4.90 Å². The Labute approximate surface area is 186 Å². The molecule has 0 unspecified atom stereocenters. The van der Waals surface area contributed by atoms with E-state index in [-0.39, 0.29) is 6.54 Å². The maximum absolute atomic E-state index is 13.4. The van der Waals surface area contributed by atoms with Gasteiger partial charge in [-0.3, -0.25) is 29.0 Å². The number of imide groups is 2. The van der Waals surface area contributed by atoms with Crippen LogP contribution in [0.5, 0.6) is 0 Å². The van der Waals surface area contributed by atoms with Gasteiger partial charge in [-0.25, -0.2) is 10.2 Å². The minimum Gasteiger partial charge on any atom is -0.368 e. The summed E-state index contributed by atoms with van der Waals surface area (Å²) in [7, 11) is 0. The largest absolute Gasteiger partial charge is 0.368 e. The quantitative estimate of drug-likeness (QED) is 0.458. The first-order valence-corrected chi connectivity index (χ1v) is 10.9. The molecule has 10 nitrogen and oxygen atoms in total. The number of nitrogens with two attached hydrogens (primary N) is 1. The maximum atomic E-state index is 13.4. The smallest absolute Gasteiger partial charge is 0.349 e. The van der Waals surface area contributed by atoms with Crippen molar-refractivity contribution in [1.82, 2.24) is 15.3 Å². The van der Waals surface area contributed by atoms with Crippen LogP contribution in [0.3, 0.4) is 0 Å². The van der Waals surface area contributed by atoms with Gasteiger partial charge in [0.25, 0.3) is 0 Å². The van der Waals surface area contributed by atoms with Gasteiger partial charge in [0.2, 0.25) is 11.8 Å². The van der Waals surface area contributed by atoms with Gasteiger partial charge in [0.1, 0.15) is 5.54 Å². The molecule has 0 radical (unpaired) electrons. The zero-order valence-corrected chi connectivity index (χ0v) is 18.4. The SMILES string of the molecule is CCCN1C(=O)C(=O)N(NCC(=O)N(c2ccc(C)cc2)C2(C(N)=O)CCCCC2)C1=O. The molecule has 1 saturated carbocycles. The van der Waals surface area contributed by atoms with E-state index < -0.39 is 41.7 Å². The summed E-state index contributed by atoms with van der Waals surface area (Å²) in [6, 6.07) is 6.32. The van der Waals surface area contributed by atoms with Gasteiger partial charge >= 0.3 is 17.8 Å². The van der Waals surface area contributed by atoms with E-state index >= 15 is 0 Å². The Bertz CT molecular complexity index is 923. The molecule has 3 N–H and O–H groups in total. The molecule has 172 valence electrons. The summed E-state index contributed by atoms with van der Waals surface area (Å²) in [6.45, 7) is 3.33. The van der Waals surface area contributed by atoms with Crippen molar-refractivity contribution < 1.29 is 24.0 Å². The summed E-state index contributed by atoms with van der Waals surface area (Å²) < 4.78 is 0. The molecule has 1 aromatic carbocycles. The number of hydrogen-bond acceptors (Lipinski definition) is 6. The fraction of sp³-hybridized carbons (Fsp3) is 0.500. The number of anilines is 1. The predicted molar refractivity (Wildman–Crippen MR) is 116 cm³/mol. The number of rotatable bonds is 8. The Kier molecular flexibility index (Phi) is 6.93. The lowest BCUT2D eigenvalue weighted by Crippen LogP contribution is -2.63. The van der Waals surface area contributed by atoms with Crippen molar-refractivity contribution in [2.45, 2.75) is 57.9 Å². The molecule has 10 heteroatoms. The number of benzene rings is 1. The molecule has 2 aliphatic rings. The number of aryl methyl sites for hydroxylation is 1. The number of nitrogens with one attached hydrogen (secondary N) is 1. The summed E-state index contributed by atoms with van der Waals surface area (Å²) in [6.07, 6.45) is 3.78. The Balaban J connectivity index is 1.87.